The third-order valence-corrected chi connectivity index (χ3v) is 2.99. The van der Waals surface area contributed by atoms with Gasteiger partial charge < -0.3 is 10.3 Å². The maximum Gasteiger partial charge on any atom is 0.195 e. The van der Waals surface area contributed by atoms with E-state index in [0.717, 1.165) is 17.3 Å². The van der Waals surface area contributed by atoms with E-state index in [0.29, 0.717) is 17.0 Å². The van der Waals surface area contributed by atoms with Gasteiger partial charge in [-0.05, 0) is 24.6 Å². The monoisotopic (exact) mass is 269 g/mol. The van der Waals surface area contributed by atoms with Gasteiger partial charge in [0.2, 0.25) is 0 Å². The lowest BCUT2D eigenvalue weighted by Gasteiger charge is -2.03. The number of aryl methyl sites for hydroxylation is 1. The molecule has 20 heavy (non-hydrogen) atoms. The van der Waals surface area contributed by atoms with Crippen LogP contribution in [0.4, 0.5) is 10.2 Å². The van der Waals surface area contributed by atoms with Crippen LogP contribution in [0.3, 0.4) is 0 Å². The maximum atomic E-state index is 13.0. The number of hydrogen-bond donors (Lipinski definition) is 1. The molecule has 0 spiro atoms. The minimum absolute atomic E-state index is 0.289. The highest BCUT2D eigenvalue weighted by Crippen LogP contribution is 2.35. The van der Waals surface area contributed by atoms with Crippen molar-refractivity contribution in [3.63, 3.8) is 0 Å². The predicted octanol–water partition coefficient (Wildman–Crippen LogP) is 3.43. The van der Waals surface area contributed by atoms with Gasteiger partial charge in [-0.2, -0.15) is 0 Å². The number of nitrogens with two attached hydrogens (primary N) is 1. The number of nitrogen functional groups attached to an aromatic ring is 1. The van der Waals surface area contributed by atoms with Crippen molar-refractivity contribution in [2.45, 2.75) is 6.92 Å². The van der Waals surface area contributed by atoms with Gasteiger partial charge >= 0.3 is 0 Å². The van der Waals surface area contributed by atoms with Crippen LogP contribution in [-0.2, 0) is 0 Å². The van der Waals surface area contributed by atoms with Gasteiger partial charge in [-0.1, -0.05) is 35.0 Å². The smallest absolute Gasteiger partial charge is 0.195 e. The van der Waals surface area contributed by atoms with Crippen molar-refractivity contribution in [1.29, 1.82) is 0 Å². The second kappa shape index (κ2) is 4.77. The van der Waals surface area contributed by atoms with Crippen LogP contribution in [0.15, 0.2) is 47.1 Å². The van der Waals surface area contributed by atoms with Crippen molar-refractivity contribution >= 4 is 5.82 Å². The summed E-state index contributed by atoms with van der Waals surface area (Å²) >= 11 is 0. The molecule has 5 heteroatoms. The summed E-state index contributed by atoms with van der Waals surface area (Å²) in [5.74, 6) is 0.322. The van der Waals surface area contributed by atoms with Crippen molar-refractivity contribution in [2.75, 3.05) is 5.73 Å². The van der Waals surface area contributed by atoms with Gasteiger partial charge in [-0.25, -0.2) is 9.37 Å². The Morgan fingerprint density at radius 1 is 1.20 bits per heavy atom. The molecule has 0 aliphatic rings. The van der Waals surface area contributed by atoms with E-state index < -0.39 is 5.82 Å². The molecule has 0 aliphatic carbocycles. The van der Waals surface area contributed by atoms with Gasteiger partial charge in [0, 0.05) is 0 Å². The fourth-order valence-electron chi connectivity index (χ4n) is 2.07. The fourth-order valence-corrected chi connectivity index (χ4v) is 2.07. The average Bonchev–Trinajstić information content (AvgIpc) is 2.81. The molecule has 0 bridgehead atoms. The molecule has 0 fully saturated rings. The van der Waals surface area contributed by atoms with Crippen LogP contribution < -0.4 is 5.73 Å². The number of rotatable bonds is 2. The average molecular weight is 269 g/mol. The third-order valence-electron chi connectivity index (χ3n) is 2.99. The minimum atomic E-state index is -0.404. The van der Waals surface area contributed by atoms with E-state index in [1.165, 1.54) is 12.1 Å². The summed E-state index contributed by atoms with van der Waals surface area (Å²) in [6, 6.07) is 10.7. The lowest BCUT2D eigenvalue weighted by atomic mass is 10.0. The van der Waals surface area contributed by atoms with E-state index in [1.807, 2.05) is 31.2 Å². The zero-order valence-corrected chi connectivity index (χ0v) is 10.8. The van der Waals surface area contributed by atoms with Gasteiger partial charge in [0.05, 0.1) is 11.8 Å². The van der Waals surface area contributed by atoms with Gasteiger partial charge in [-0.15, -0.1) is 0 Å². The number of hydrogen-bond acceptors (Lipinski definition) is 4. The summed E-state index contributed by atoms with van der Waals surface area (Å²) < 4.78 is 18.2. The summed E-state index contributed by atoms with van der Waals surface area (Å²) in [6.07, 6.45) is 1.13. The van der Waals surface area contributed by atoms with Gasteiger partial charge in [0.25, 0.3) is 0 Å². The van der Waals surface area contributed by atoms with E-state index in [4.69, 9.17) is 10.3 Å². The first kappa shape index (κ1) is 12.3. The van der Waals surface area contributed by atoms with E-state index in [-0.39, 0.29) is 5.82 Å². The molecule has 3 aromatic rings. The zero-order chi connectivity index (χ0) is 14.1. The molecular weight excluding hydrogens is 257 g/mol. The van der Waals surface area contributed by atoms with Gasteiger partial charge in [-0.3, -0.25) is 0 Å². The van der Waals surface area contributed by atoms with Crippen LogP contribution in [0.5, 0.6) is 0 Å². The Morgan fingerprint density at radius 2 is 2.05 bits per heavy atom. The molecule has 0 amide bonds. The second-order valence-corrected chi connectivity index (χ2v) is 4.50. The van der Waals surface area contributed by atoms with Crippen LogP contribution in [-0.4, -0.2) is 10.1 Å². The van der Waals surface area contributed by atoms with Crippen molar-refractivity contribution in [3.8, 4) is 22.6 Å². The van der Waals surface area contributed by atoms with Crippen LogP contribution in [0, 0.1) is 12.7 Å². The van der Waals surface area contributed by atoms with Crippen molar-refractivity contribution in [3.05, 3.63) is 54.0 Å². The molecule has 0 saturated carbocycles. The first-order chi connectivity index (χ1) is 9.65. The van der Waals surface area contributed by atoms with Crippen LogP contribution >= 0.6 is 0 Å². The molecule has 100 valence electrons. The third kappa shape index (κ3) is 2.14. The van der Waals surface area contributed by atoms with Crippen molar-refractivity contribution in [2.24, 2.45) is 0 Å². The number of anilines is 1. The minimum Gasteiger partial charge on any atom is -0.380 e. The van der Waals surface area contributed by atoms with Crippen molar-refractivity contribution < 1.29 is 8.91 Å². The largest absolute Gasteiger partial charge is 0.380 e. The van der Waals surface area contributed by atoms with E-state index in [2.05, 4.69) is 10.1 Å². The number of nitrogens with zero attached hydrogens (tertiary/aromatic N) is 2. The molecule has 2 N–H and O–H groups in total. The van der Waals surface area contributed by atoms with Gasteiger partial charge in [0.15, 0.2) is 11.6 Å². The highest BCUT2D eigenvalue weighted by molar-refractivity contribution is 5.85. The highest BCUT2D eigenvalue weighted by atomic mass is 19.1. The van der Waals surface area contributed by atoms with E-state index in [9.17, 15) is 4.39 Å². The zero-order valence-electron chi connectivity index (χ0n) is 10.8. The standard InChI is InChI=1S/C15H12FN3O/c1-9-3-2-4-10(7-9)13-14(20-19-15(13)17)12-6-5-11(16)8-18-12/h2-8H,1H3,(H2,17,19). The van der Waals surface area contributed by atoms with Crippen LogP contribution in [0.25, 0.3) is 22.6 Å². The number of aromatic nitrogens is 2. The Labute approximate surface area is 115 Å². The van der Waals surface area contributed by atoms with Crippen LogP contribution in [0.2, 0.25) is 0 Å². The van der Waals surface area contributed by atoms with Crippen LogP contribution in [0.1, 0.15) is 5.56 Å². The summed E-state index contributed by atoms with van der Waals surface area (Å²) in [5, 5.41) is 3.79. The Bertz CT molecular complexity index is 750. The summed E-state index contributed by atoms with van der Waals surface area (Å²) in [5.41, 5.74) is 9.04. The second-order valence-electron chi connectivity index (χ2n) is 4.50. The van der Waals surface area contributed by atoms with Crippen molar-refractivity contribution in [1.82, 2.24) is 10.1 Å². The van der Waals surface area contributed by atoms with E-state index in [1.54, 1.807) is 0 Å². The van der Waals surface area contributed by atoms with Gasteiger partial charge in [0.1, 0.15) is 11.5 Å². The fraction of sp³-hybridized carbons (Fsp3) is 0.0667. The molecule has 2 aromatic heterocycles. The lowest BCUT2D eigenvalue weighted by molar-refractivity contribution is 0.434. The normalized spacial score (nSPS) is 10.7. The summed E-state index contributed by atoms with van der Waals surface area (Å²) in [6.45, 7) is 1.99. The molecule has 0 aliphatic heterocycles. The first-order valence-corrected chi connectivity index (χ1v) is 6.09. The quantitative estimate of drug-likeness (QED) is 0.774. The Kier molecular flexibility index (Phi) is 2.95. The molecule has 4 nitrogen and oxygen atoms in total. The molecular formula is C15H12FN3O. The SMILES string of the molecule is Cc1cccc(-c2c(N)noc2-c2ccc(F)cn2)c1. The summed E-state index contributed by atoms with van der Waals surface area (Å²) in [4.78, 5) is 4.01. The Balaban J connectivity index is 2.17. The summed E-state index contributed by atoms with van der Waals surface area (Å²) in [7, 11) is 0. The van der Waals surface area contributed by atoms with E-state index >= 15 is 0 Å². The lowest BCUT2D eigenvalue weighted by Crippen LogP contribution is -1.90. The number of halogens is 1. The maximum absolute atomic E-state index is 13.0. The number of benzene rings is 1. The highest BCUT2D eigenvalue weighted by Gasteiger charge is 2.18. The first-order valence-electron chi connectivity index (χ1n) is 6.09. The molecule has 3 rings (SSSR count). The topological polar surface area (TPSA) is 64.9 Å². The Hall–Kier alpha value is -2.69. The molecule has 1 aromatic carbocycles. The molecule has 0 saturated heterocycles. The predicted molar refractivity (Wildman–Crippen MR) is 74.3 cm³/mol. The molecule has 0 atom stereocenters. The number of pyridine rings is 1. The molecule has 2 heterocycles. The molecule has 0 unspecified atom stereocenters. The molecule has 0 radical (unpaired) electrons. The Morgan fingerprint density at radius 3 is 2.75 bits per heavy atom.